The van der Waals surface area contributed by atoms with Crippen LogP contribution in [-0.2, 0) is 4.79 Å². The lowest BCUT2D eigenvalue weighted by Crippen LogP contribution is -2.36. The van der Waals surface area contributed by atoms with Crippen LogP contribution in [0.1, 0.15) is 25.6 Å². The molecule has 3 N–H and O–H groups in total. The van der Waals surface area contributed by atoms with E-state index in [1.54, 1.807) is 6.92 Å². The molecule has 0 amide bonds. The molecule has 2 rings (SSSR count). The molecule has 1 aromatic rings. The van der Waals surface area contributed by atoms with Gasteiger partial charge in [-0.15, -0.1) is 0 Å². The minimum atomic E-state index is -0.757. The third kappa shape index (κ3) is 2.32. The number of furan rings is 1. The molecule has 0 saturated heterocycles. The highest BCUT2D eigenvalue weighted by molar-refractivity contribution is 5.98. The van der Waals surface area contributed by atoms with E-state index >= 15 is 0 Å². The first-order valence-electron chi connectivity index (χ1n) is 5.46. The lowest BCUT2D eigenvalue weighted by atomic mass is 9.98. The highest BCUT2D eigenvalue weighted by Crippen LogP contribution is 2.33. The third-order valence-corrected chi connectivity index (χ3v) is 2.70. The van der Waals surface area contributed by atoms with Gasteiger partial charge in [-0.3, -0.25) is 14.9 Å². The maximum Gasteiger partial charge on any atom is 0.433 e. The third-order valence-electron chi connectivity index (χ3n) is 2.70. The van der Waals surface area contributed by atoms with Gasteiger partial charge < -0.3 is 15.5 Å². The molecule has 1 atom stereocenters. The Bertz CT molecular complexity index is 614. The summed E-state index contributed by atoms with van der Waals surface area (Å²) in [7, 11) is 0. The number of ketones is 1. The maximum atomic E-state index is 11.7. The molecule has 0 fully saturated rings. The van der Waals surface area contributed by atoms with E-state index in [0.717, 1.165) is 0 Å². The summed E-state index contributed by atoms with van der Waals surface area (Å²) < 4.78 is 5.09. The zero-order chi connectivity index (χ0) is 14.2. The number of carbonyl (C=O) groups is 1. The van der Waals surface area contributed by atoms with Gasteiger partial charge in [-0.1, -0.05) is 0 Å². The second-order valence-corrected chi connectivity index (χ2v) is 4.07. The Labute approximate surface area is 108 Å². The Morgan fingerprint density at radius 3 is 2.79 bits per heavy atom. The van der Waals surface area contributed by atoms with Crippen LogP contribution >= 0.6 is 0 Å². The van der Waals surface area contributed by atoms with E-state index in [4.69, 9.17) is 10.2 Å². The number of nitrogens with two attached hydrogens (primary N) is 1. The molecule has 0 aromatic carbocycles. The maximum absolute atomic E-state index is 11.7. The first-order chi connectivity index (χ1) is 8.90. The Kier molecular flexibility index (Phi) is 3.07. The van der Waals surface area contributed by atoms with Crippen molar-refractivity contribution < 1.29 is 14.1 Å². The average molecular weight is 264 g/mol. The molecule has 100 valence electrons. The van der Waals surface area contributed by atoms with Gasteiger partial charge in [0.25, 0.3) is 0 Å². The van der Waals surface area contributed by atoms with Gasteiger partial charge in [0.1, 0.15) is 16.7 Å². The van der Waals surface area contributed by atoms with Crippen molar-refractivity contribution >= 4 is 17.6 Å². The fraction of sp³-hybridized carbons (Fsp3) is 0.273. The summed E-state index contributed by atoms with van der Waals surface area (Å²) in [6.45, 7) is 3.07. The van der Waals surface area contributed by atoms with Crippen molar-refractivity contribution in [3.63, 3.8) is 0 Å². The van der Waals surface area contributed by atoms with E-state index in [9.17, 15) is 14.9 Å². The predicted octanol–water partition coefficient (Wildman–Crippen LogP) is 1.01. The van der Waals surface area contributed by atoms with Crippen LogP contribution in [0.3, 0.4) is 0 Å². The highest BCUT2D eigenvalue weighted by Gasteiger charge is 2.30. The standard InChI is InChI=1S/C11H12N4O4/c1-5-9(6(2)16)10(14-11(12)13-5)7-3-4-8(19-7)15(17)18/h3-4,10H,1-2H3,(H3,12,13,14). The van der Waals surface area contributed by atoms with Gasteiger partial charge in [0.15, 0.2) is 11.7 Å². The van der Waals surface area contributed by atoms with Crippen LogP contribution in [0.25, 0.3) is 0 Å². The number of allylic oxidation sites excluding steroid dienone is 1. The fourth-order valence-corrected chi connectivity index (χ4v) is 1.95. The van der Waals surface area contributed by atoms with Crippen molar-refractivity contribution in [3.05, 3.63) is 39.3 Å². The largest absolute Gasteiger partial charge is 0.433 e. The molecule has 19 heavy (non-hydrogen) atoms. The molecule has 0 aliphatic carbocycles. The number of guanidine groups is 1. The minimum Gasteiger partial charge on any atom is -0.403 e. The van der Waals surface area contributed by atoms with E-state index in [-0.39, 0.29) is 17.5 Å². The average Bonchev–Trinajstić information content (AvgIpc) is 2.76. The Hall–Kier alpha value is -2.64. The SMILES string of the molecule is CC(=O)C1=C(C)NC(N)=NC1c1ccc([N+](=O)[O-])o1. The van der Waals surface area contributed by atoms with E-state index in [1.807, 2.05) is 0 Å². The van der Waals surface area contributed by atoms with Gasteiger partial charge in [0, 0.05) is 11.3 Å². The van der Waals surface area contributed by atoms with E-state index in [0.29, 0.717) is 11.3 Å². The van der Waals surface area contributed by atoms with Crippen LogP contribution in [0.5, 0.6) is 0 Å². The van der Waals surface area contributed by atoms with Crippen molar-refractivity contribution in [2.75, 3.05) is 0 Å². The van der Waals surface area contributed by atoms with Crippen molar-refractivity contribution in [2.45, 2.75) is 19.9 Å². The molecule has 1 aromatic heterocycles. The van der Waals surface area contributed by atoms with Gasteiger partial charge in [0.2, 0.25) is 0 Å². The summed E-state index contributed by atoms with van der Waals surface area (Å²) >= 11 is 0. The summed E-state index contributed by atoms with van der Waals surface area (Å²) in [6.07, 6.45) is 0. The number of hydrogen-bond donors (Lipinski definition) is 2. The number of rotatable bonds is 3. The molecule has 8 heteroatoms. The smallest absolute Gasteiger partial charge is 0.403 e. The highest BCUT2D eigenvalue weighted by atomic mass is 16.6. The van der Waals surface area contributed by atoms with Crippen molar-refractivity contribution in [1.29, 1.82) is 0 Å². The first-order valence-corrected chi connectivity index (χ1v) is 5.46. The zero-order valence-corrected chi connectivity index (χ0v) is 10.3. The molecular formula is C11H12N4O4. The zero-order valence-electron chi connectivity index (χ0n) is 10.3. The molecule has 0 spiro atoms. The molecule has 1 aliphatic rings. The molecule has 1 aliphatic heterocycles. The van der Waals surface area contributed by atoms with Crippen molar-refractivity contribution in [2.24, 2.45) is 10.7 Å². The quantitative estimate of drug-likeness (QED) is 0.620. The van der Waals surface area contributed by atoms with E-state index < -0.39 is 16.8 Å². The normalized spacial score (nSPS) is 18.8. The Morgan fingerprint density at radius 2 is 2.26 bits per heavy atom. The first kappa shape index (κ1) is 12.8. The lowest BCUT2D eigenvalue weighted by Gasteiger charge is -2.22. The van der Waals surface area contributed by atoms with Gasteiger partial charge in [-0.05, 0) is 19.9 Å². The van der Waals surface area contributed by atoms with Gasteiger partial charge in [-0.2, -0.15) is 0 Å². The number of aliphatic imine (C=N–C) groups is 1. The number of hydrogen-bond acceptors (Lipinski definition) is 7. The number of nitrogens with one attached hydrogen (secondary N) is 1. The summed E-state index contributed by atoms with van der Waals surface area (Å²) in [4.78, 5) is 25.7. The molecule has 8 nitrogen and oxygen atoms in total. The van der Waals surface area contributed by atoms with Crippen molar-refractivity contribution in [3.8, 4) is 0 Å². The molecule has 0 saturated carbocycles. The number of nitro groups is 1. The van der Waals surface area contributed by atoms with Crippen LogP contribution in [0, 0.1) is 10.1 Å². The van der Waals surface area contributed by atoms with E-state index in [1.165, 1.54) is 19.1 Å². The fourth-order valence-electron chi connectivity index (χ4n) is 1.95. The minimum absolute atomic E-state index is 0.131. The predicted molar refractivity (Wildman–Crippen MR) is 66.2 cm³/mol. The monoisotopic (exact) mass is 264 g/mol. The molecule has 2 heterocycles. The lowest BCUT2D eigenvalue weighted by molar-refractivity contribution is -0.402. The van der Waals surface area contributed by atoms with Crippen molar-refractivity contribution in [1.82, 2.24) is 5.32 Å². The van der Waals surface area contributed by atoms with Gasteiger partial charge in [0.05, 0.1) is 6.07 Å². The summed E-state index contributed by atoms with van der Waals surface area (Å²) in [5.41, 5.74) is 6.53. The van der Waals surface area contributed by atoms with Gasteiger partial charge >= 0.3 is 5.88 Å². The molecule has 0 radical (unpaired) electrons. The molecular weight excluding hydrogens is 252 g/mol. The number of carbonyl (C=O) groups excluding carboxylic acids is 1. The second kappa shape index (κ2) is 4.56. The summed E-state index contributed by atoms with van der Waals surface area (Å²) in [6, 6.07) is 1.88. The topological polar surface area (TPSA) is 124 Å². The molecule has 0 bridgehead atoms. The summed E-state index contributed by atoms with van der Waals surface area (Å²) in [5, 5.41) is 13.4. The van der Waals surface area contributed by atoms with Crippen LogP contribution in [0.2, 0.25) is 0 Å². The number of Topliss-reactive ketones (excluding diaryl/α,β-unsaturated/α-hetero) is 1. The van der Waals surface area contributed by atoms with Gasteiger partial charge in [-0.25, -0.2) is 4.99 Å². The van der Waals surface area contributed by atoms with Crippen LogP contribution < -0.4 is 11.1 Å². The summed E-state index contributed by atoms with van der Waals surface area (Å²) in [5.74, 6) is -0.264. The second-order valence-electron chi connectivity index (χ2n) is 4.07. The Balaban J connectivity index is 2.47. The molecule has 1 unspecified atom stereocenters. The van der Waals surface area contributed by atoms with Crippen LogP contribution in [0.15, 0.2) is 32.8 Å². The number of nitrogens with zero attached hydrogens (tertiary/aromatic N) is 2. The van der Waals surface area contributed by atoms with Crippen LogP contribution in [-0.4, -0.2) is 16.7 Å². The van der Waals surface area contributed by atoms with Crippen LogP contribution in [0.4, 0.5) is 5.88 Å². The van der Waals surface area contributed by atoms with E-state index in [2.05, 4.69) is 10.3 Å². The Morgan fingerprint density at radius 1 is 1.58 bits per heavy atom.